The van der Waals surface area contributed by atoms with Gasteiger partial charge < -0.3 is 10.2 Å². The molecule has 2 fully saturated rings. The lowest BCUT2D eigenvalue weighted by molar-refractivity contribution is 0.573. The molecule has 2 saturated heterocycles. The first-order valence-corrected chi connectivity index (χ1v) is 11.4. The summed E-state index contributed by atoms with van der Waals surface area (Å²) in [4.78, 5) is 26.3. The molecule has 1 N–H and O–H groups in total. The summed E-state index contributed by atoms with van der Waals surface area (Å²) in [5.41, 5.74) is 4.72. The highest BCUT2D eigenvalue weighted by Crippen LogP contribution is 2.44. The van der Waals surface area contributed by atoms with E-state index in [4.69, 9.17) is 21.6 Å². The monoisotopic (exact) mass is 437 g/mol. The molecule has 0 radical (unpaired) electrons. The maximum atomic E-state index is 6.80. The van der Waals surface area contributed by atoms with Crippen molar-refractivity contribution in [1.82, 2.24) is 30.2 Å². The maximum absolute atomic E-state index is 6.80. The molecule has 3 aromatic rings. The average molecular weight is 438 g/mol. The van der Waals surface area contributed by atoms with Crippen LogP contribution in [0, 0.1) is 0 Å². The molecule has 0 amide bonds. The minimum absolute atomic E-state index is 0.472. The second-order valence-electron chi connectivity index (χ2n) is 7.92. The Morgan fingerprint density at radius 1 is 1.23 bits per heavy atom. The minimum atomic E-state index is 0.472. The van der Waals surface area contributed by atoms with Crippen LogP contribution in [0.2, 0.25) is 0 Å². The van der Waals surface area contributed by atoms with Crippen LogP contribution in [0.1, 0.15) is 31.0 Å². The summed E-state index contributed by atoms with van der Waals surface area (Å²) < 4.78 is 0. The predicted molar refractivity (Wildman–Crippen MR) is 118 cm³/mol. The van der Waals surface area contributed by atoms with Gasteiger partial charge in [0, 0.05) is 55.1 Å². The number of rotatable bonds is 4. The molecule has 152 valence electrons. The number of anilines is 1. The Labute approximate surface area is 183 Å². The lowest BCUT2D eigenvalue weighted by Crippen LogP contribution is -2.44. The second-order valence-corrected chi connectivity index (χ2v) is 9.34. The van der Waals surface area contributed by atoms with Crippen LogP contribution in [-0.4, -0.2) is 50.1 Å². The fourth-order valence-electron chi connectivity index (χ4n) is 4.64. The molecular weight excluding hydrogens is 418 g/mol. The highest BCUT2D eigenvalue weighted by atomic mass is 35.5. The molecule has 5 heterocycles. The molecule has 2 bridgehead atoms. The van der Waals surface area contributed by atoms with E-state index in [-0.39, 0.29) is 0 Å². The van der Waals surface area contributed by atoms with Crippen LogP contribution in [0.4, 0.5) is 5.82 Å². The molecule has 3 aromatic heterocycles. The molecule has 0 aromatic carbocycles. The van der Waals surface area contributed by atoms with Gasteiger partial charge in [0.15, 0.2) is 10.8 Å². The molecule has 0 spiro atoms. The Balaban J connectivity index is 1.41. The van der Waals surface area contributed by atoms with E-state index >= 15 is 0 Å². The van der Waals surface area contributed by atoms with E-state index in [2.05, 4.69) is 32.1 Å². The van der Waals surface area contributed by atoms with Crippen LogP contribution in [0.15, 0.2) is 40.3 Å². The third-order valence-corrected chi connectivity index (χ3v) is 7.40. The quantitative estimate of drug-likeness (QED) is 0.622. The zero-order valence-electron chi connectivity index (χ0n) is 16.5. The van der Waals surface area contributed by atoms with Crippen molar-refractivity contribution in [1.29, 1.82) is 0 Å². The number of hydrogen-bond acceptors (Lipinski definition) is 8. The van der Waals surface area contributed by atoms with Crippen molar-refractivity contribution in [2.75, 3.05) is 18.0 Å². The van der Waals surface area contributed by atoms with Gasteiger partial charge in [-0.3, -0.25) is 4.98 Å². The summed E-state index contributed by atoms with van der Waals surface area (Å²) in [6.45, 7) is 4.12. The average Bonchev–Trinajstić information content (AvgIpc) is 3.48. The van der Waals surface area contributed by atoms with Crippen LogP contribution < -0.4 is 10.2 Å². The van der Waals surface area contributed by atoms with E-state index in [1.54, 1.807) is 12.4 Å². The molecule has 9 heteroatoms. The summed E-state index contributed by atoms with van der Waals surface area (Å²) in [6.07, 6.45) is 8.03. The SMILES string of the molecule is CCC1=C(Cl)c2c(nc(Sc3cnc4nccnc4c3)nc2N2CC3CC2CN3)C1. The van der Waals surface area contributed by atoms with Crippen molar-refractivity contribution < 1.29 is 0 Å². The van der Waals surface area contributed by atoms with E-state index < -0.39 is 0 Å². The molecule has 2 unspecified atom stereocenters. The van der Waals surface area contributed by atoms with E-state index in [0.29, 0.717) is 17.7 Å². The zero-order valence-corrected chi connectivity index (χ0v) is 18.0. The number of halogens is 1. The molecule has 2 atom stereocenters. The number of hydrogen-bond donors (Lipinski definition) is 1. The molecule has 1 aliphatic carbocycles. The summed E-state index contributed by atoms with van der Waals surface area (Å²) in [7, 11) is 0. The topological polar surface area (TPSA) is 79.7 Å². The van der Waals surface area contributed by atoms with Crippen LogP contribution >= 0.6 is 23.4 Å². The van der Waals surface area contributed by atoms with Crippen LogP contribution in [-0.2, 0) is 6.42 Å². The van der Waals surface area contributed by atoms with Gasteiger partial charge >= 0.3 is 0 Å². The predicted octanol–water partition coefficient (Wildman–Crippen LogP) is 3.43. The van der Waals surface area contributed by atoms with Gasteiger partial charge in [-0.15, -0.1) is 0 Å². The first-order valence-electron chi connectivity index (χ1n) is 10.2. The first kappa shape index (κ1) is 18.5. The van der Waals surface area contributed by atoms with Gasteiger partial charge in [-0.1, -0.05) is 18.5 Å². The van der Waals surface area contributed by atoms with Crippen molar-refractivity contribution in [2.24, 2.45) is 0 Å². The van der Waals surface area contributed by atoms with E-state index in [1.165, 1.54) is 17.3 Å². The summed E-state index contributed by atoms with van der Waals surface area (Å²) >= 11 is 8.31. The van der Waals surface area contributed by atoms with Gasteiger partial charge in [0.05, 0.1) is 16.3 Å². The Kier molecular flexibility index (Phi) is 4.40. The van der Waals surface area contributed by atoms with Crippen LogP contribution in [0.25, 0.3) is 16.2 Å². The van der Waals surface area contributed by atoms with Crippen LogP contribution in [0.5, 0.6) is 0 Å². The Morgan fingerprint density at radius 2 is 2.13 bits per heavy atom. The van der Waals surface area contributed by atoms with Gasteiger partial charge in [0.2, 0.25) is 0 Å². The Hall–Kier alpha value is -2.29. The fourth-order valence-corrected chi connectivity index (χ4v) is 5.80. The number of allylic oxidation sites excluding steroid dienone is 1. The van der Waals surface area contributed by atoms with Crippen molar-refractivity contribution >= 4 is 45.4 Å². The molecule has 7 nitrogen and oxygen atoms in total. The highest BCUT2D eigenvalue weighted by Gasteiger charge is 2.41. The number of pyridine rings is 1. The van der Waals surface area contributed by atoms with Gasteiger partial charge in [0.25, 0.3) is 0 Å². The van der Waals surface area contributed by atoms with E-state index in [0.717, 1.165) is 70.0 Å². The molecule has 2 aliphatic heterocycles. The number of fused-ring (bicyclic) bond motifs is 4. The normalized spacial score (nSPS) is 22.4. The number of nitrogens with zero attached hydrogens (tertiary/aromatic N) is 6. The lowest BCUT2D eigenvalue weighted by atomic mass is 10.2. The summed E-state index contributed by atoms with van der Waals surface area (Å²) in [5, 5.41) is 5.14. The Morgan fingerprint density at radius 3 is 2.93 bits per heavy atom. The summed E-state index contributed by atoms with van der Waals surface area (Å²) in [5.74, 6) is 0.985. The largest absolute Gasteiger partial charge is 0.350 e. The number of piperazine rings is 1. The molecule has 3 aliphatic rings. The first-order chi connectivity index (χ1) is 14.7. The zero-order chi connectivity index (χ0) is 20.2. The Bertz CT molecular complexity index is 1200. The third-order valence-electron chi connectivity index (χ3n) is 6.12. The molecular formula is C21H20ClN7S. The van der Waals surface area contributed by atoms with Gasteiger partial charge in [-0.05, 0) is 36.2 Å². The fraction of sp³-hybridized carbons (Fsp3) is 0.381. The highest BCUT2D eigenvalue weighted by molar-refractivity contribution is 7.99. The number of nitrogens with one attached hydrogen (secondary N) is 1. The van der Waals surface area contributed by atoms with Gasteiger partial charge in [-0.2, -0.15) is 0 Å². The van der Waals surface area contributed by atoms with E-state index in [9.17, 15) is 0 Å². The third kappa shape index (κ3) is 2.97. The van der Waals surface area contributed by atoms with Crippen LogP contribution in [0.3, 0.4) is 0 Å². The minimum Gasteiger partial charge on any atom is -0.350 e. The smallest absolute Gasteiger partial charge is 0.194 e. The lowest BCUT2D eigenvalue weighted by Gasteiger charge is -2.30. The van der Waals surface area contributed by atoms with Gasteiger partial charge in [0.1, 0.15) is 11.3 Å². The van der Waals surface area contributed by atoms with Crippen molar-refractivity contribution in [3.05, 3.63) is 41.5 Å². The molecule has 6 rings (SSSR count). The summed E-state index contributed by atoms with van der Waals surface area (Å²) in [6, 6.07) is 3.00. The molecule has 0 saturated carbocycles. The van der Waals surface area contributed by atoms with Crippen molar-refractivity contribution in [3.8, 4) is 0 Å². The standard InChI is InChI=1S/C21H20ClN7S/c1-2-11-5-15-17(18(11)22)20(29-10-12-6-13(29)8-25-12)28-21(27-15)30-14-7-16-19(26-9-14)24-4-3-23-16/h3-4,7,9,12-13,25H,2,5-6,8,10H2,1H3. The molecule has 30 heavy (non-hydrogen) atoms. The van der Waals surface area contributed by atoms with Gasteiger partial charge in [-0.25, -0.2) is 19.9 Å². The van der Waals surface area contributed by atoms with E-state index in [1.807, 2.05) is 12.3 Å². The number of aromatic nitrogens is 5. The second kappa shape index (κ2) is 7.14. The van der Waals surface area contributed by atoms with Crippen molar-refractivity contribution in [3.63, 3.8) is 0 Å². The van der Waals surface area contributed by atoms with Crippen molar-refractivity contribution in [2.45, 2.75) is 48.3 Å². The maximum Gasteiger partial charge on any atom is 0.194 e.